The van der Waals surface area contributed by atoms with Crippen LogP contribution in [0, 0.1) is 0 Å². The molecule has 8 nitrogen and oxygen atoms in total. The van der Waals surface area contributed by atoms with Gasteiger partial charge in [0.05, 0.1) is 20.3 Å². The van der Waals surface area contributed by atoms with Gasteiger partial charge >= 0.3 is 18.0 Å². The monoisotopic (exact) mass is 288 g/mol. The lowest BCUT2D eigenvalue weighted by Gasteiger charge is -2.36. The van der Waals surface area contributed by atoms with Crippen LogP contribution in [0.3, 0.4) is 0 Å². The summed E-state index contributed by atoms with van der Waals surface area (Å²) in [7, 11) is 2.84. The van der Waals surface area contributed by atoms with E-state index in [4.69, 9.17) is 9.84 Å². The van der Waals surface area contributed by atoms with Crippen LogP contribution in [0.5, 0.6) is 0 Å². The fourth-order valence-corrected chi connectivity index (χ4v) is 1.95. The van der Waals surface area contributed by atoms with Crippen molar-refractivity contribution in [3.05, 3.63) is 0 Å². The Labute approximate surface area is 117 Å². The number of carbonyl (C=O) groups is 3. The number of aliphatic carboxylic acids is 1. The van der Waals surface area contributed by atoms with E-state index >= 15 is 0 Å². The lowest BCUT2D eigenvalue weighted by molar-refractivity contribution is -0.151. The van der Waals surface area contributed by atoms with E-state index in [1.807, 2.05) is 0 Å². The molecule has 0 aromatic heterocycles. The maximum atomic E-state index is 12.2. The molecule has 1 atom stereocenters. The highest BCUT2D eigenvalue weighted by Crippen LogP contribution is 2.11. The van der Waals surface area contributed by atoms with Crippen LogP contribution in [0.15, 0.2) is 0 Å². The average Bonchev–Trinajstić information content (AvgIpc) is 2.45. The van der Waals surface area contributed by atoms with Crippen molar-refractivity contribution in [1.29, 1.82) is 0 Å². The van der Waals surface area contributed by atoms with Crippen LogP contribution in [0.4, 0.5) is 4.79 Å². The van der Waals surface area contributed by atoms with Crippen molar-refractivity contribution in [3.8, 4) is 0 Å². The van der Waals surface area contributed by atoms with E-state index < -0.39 is 18.0 Å². The van der Waals surface area contributed by atoms with Gasteiger partial charge in [-0.05, 0) is 6.42 Å². The van der Waals surface area contributed by atoms with E-state index in [2.05, 4.69) is 4.74 Å². The first-order valence-corrected chi connectivity index (χ1v) is 6.36. The van der Waals surface area contributed by atoms with E-state index in [-0.39, 0.29) is 19.1 Å². The number of ether oxygens (including phenoxy) is 2. The third-order valence-electron chi connectivity index (χ3n) is 3.06. The molecule has 8 heteroatoms. The number of morpholine rings is 1. The van der Waals surface area contributed by atoms with Gasteiger partial charge in [-0.15, -0.1) is 0 Å². The Hall–Kier alpha value is -1.83. The van der Waals surface area contributed by atoms with Crippen molar-refractivity contribution in [3.63, 3.8) is 0 Å². The Morgan fingerprint density at radius 3 is 2.75 bits per heavy atom. The molecule has 0 aliphatic carbocycles. The molecule has 20 heavy (non-hydrogen) atoms. The molecule has 2 amide bonds. The molecule has 1 N–H and O–H groups in total. The number of carboxylic acid groups (broad SMARTS) is 1. The Morgan fingerprint density at radius 1 is 1.45 bits per heavy atom. The molecule has 1 saturated heterocycles. The van der Waals surface area contributed by atoms with Gasteiger partial charge in [-0.3, -0.25) is 4.79 Å². The zero-order valence-corrected chi connectivity index (χ0v) is 11.7. The maximum absolute atomic E-state index is 12.2. The van der Waals surface area contributed by atoms with Gasteiger partial charge in [-0.1, -0.05) is 0 Å². The number of amides is 2. The van der Waals surface area contributed by atoms with Gasteiger partial charge in [0.25, 0.3) is 0 Å². The molecule has 1 heterocycles. The Kier molecular flexibility index (Phi) is 6.23. The Balaban J connectivity index is 2.57. The van der Waals surface area contributed by atoms with E-state index in [0.717, 1.165) is 0 Å². The van der Waals surface area contributed by atoms with Gasteiger partial charge < -0.3 is 24.4 Å². The molecular formula is C12H20N2O6. The minimum atomic E-state index is -0.898. The van der Waals surface area contributed by atoms with E-state index in [0.29, 0.717) is 26.1 Å². The highest BCUT2D eigenvalue weighted by atomic mass is 16.5. The number of esters is 1. The molecule has 0 spiro atoms. The summed E-state index contributed by atoms with van der Waals surface area (Å²) >= 11 is 0. The minimum absolute atomic E-state index is 0.00115. The molecule has 0 radical (unpaired) electrons. The number of carboxylic acids is 1. The number of methoxy groups -OCH3 is 1. The Bertz CT molecular complexity index is 373. The summed E-state index contributed by atoms with van der Waals surface area (Å²) in [5.74, 6) is -1.42. The second-order valence-corrected chi connectivity index (χ2v) is 4.51. The number of hydrogen-bond donors (Lipinski definition) is 1. The summed E-state index contributed by atoms with van der Waals surface area (Å²) in [5, 5.41) is 8.57. The van der Waals surface area contributed by atoms with Crippen molar-refractivity contribution in [2.45, 2.75) is 18.9 Å². The molecule has 114 valence electrons. The molecule has 1 rings (SSSR count). The first-order valence-electron chi connectivity index (χ1n) is 6.36. The van der Waals surface area contributed by atoms with Gasteiger partial charge in [-0.2, -0.15) is 0 Å². The van der Waals surface area contributed by atoms with E-state index in [9.17, 15) is 14.4 Å². The number of urea groups is 1. The van der Waals surface area contributed by atoms with Crippen LogP contribution in [0.25, 0.3) is 0 Å². The van der Waals surface area contributed by atoms with E-state index in [1.165, 1.54) is 16.9 Å². The predicted molar refractivity (Wildman–Crippen MR) is 68.2 cm³/mol. The van der Waals surface area contributed by atoms with Gasteiger partial charge in [0.15, 0.2) is 6.04 Å². The number of rotatable bonds is 5. The fourth-order valence-electron chi connectivity index (χ4n) is 1.95. The number of hydrogen-bond acceptors (Lipinski definition) is 5. The molecule has 0 saturated carbocycles. The zero-order valence-electron chi connectivity index (χ0n) is 11.7. The molecule has 1 unspecified atom stereocenters. The number of nitrogens with zero attached hydrogens (tertiary/aromatic N) is 2. The van der Waals surface area contributed by atoms with Crippen molar-refractivity contribution in [1.82, 2.24) is 9.80 Å². The minimum Gasteiger partial charge on any atom is -0.481 e. The molecule has 1 aliphatic heterocycles. The van der Waals surface area contributed by atoms with Crippen LogP contribution in [-0.4, -0.2) is 79.4 Å². The van der Waals surface area contributed by atoms with Crippen LogP contribution < -0.4 is 0 Å². The van der Waals surface area contributed by atoms with Crippen LogP contribution in [-0.2, 0) is 19.1 Å². The van der Waals surface area contributed by atoms with Gasteiger partial charge in [-0.25, -0.2) is 9.59 Å². The average molecular weight is 288 g/mol. The van der Waals surface area contributed by atoms with Crippen molar-refractivity contribution < 1.29 is 29.0 Å². The maximum Gasteiger partial charge on any atom is 0.331 e. The summed E-state index contributed by atoms with van der Waals surface area (Å²) in [6.07, 6.45) is 0.367. The topological polar surface area (TPSA) is 96.4 Å². The SMILES string of the molecule is COC(=O)C1COCCN1C(=O)N(C)CCCC(=O)O. The lowest BCUT2D eigenvalue weighted by atomic mass is 10.2. The highest BCUT2D eigenvalue weighted by Gasteiger charge is 2.34. The summed E-state index contributed by atoms with van der Waals surface area (Å²) in [4.78, 5) is 37.1. The summed E-state index contributed by atoms with van der Waals surface area (Å²) in [6, 6.07) is -1.07. The molecule has 0 aromatic carbocycles. The normalized spacial score (nSPS) is 18.5. The van der Waals surface area contributed by atoms with Crippen molar-refractivity contribution >= 4 is 18.0 Å². The summed E-state index contributed by atoms with van der Waals surface area (Å²) in [5.41, 5.74) is 0. The molecule has 0 bridgehead atoms. The zero-order chi connectivity index (χ0) is 15.1. The Morgan fingerprint density at radius 2 is 2.15 bits per heavy atom. The van der Waals surface area contributed by atoms with Gasteiger partial charge in [0.1, 0.15) is 0 Å². The fraction of sp³-hybridized carbons (Fsp3) is 0.750. The van der Waals surface area contributed by atoms with Crippen molar-refractivity contribution in [2.75, 3.05) is 40.5 Å². The first-order chi connectivity index (χ1) is 9.47. The number of carbonyl (C=O) groups excluding carboxylic acids is 2. The third kappa shape index (κ3) is 4.37. The third-order valence-corrected chi connectivity index (χ3v) is 3.06. The quantitative estimate of drug-likeness (QED) is 0.702. The van der Waals surface area contributed by atoms with Crippen LogP contribution in [0.1, 0.15) is 12.8 Å². The first kappa shape index (κ1) is 16.2. The molecular weight excluding hydrogens is 268 g/mol. The second kappa shape index (κ2) is 7.68. The van der Waals surface area contributed by atoms with Crippen LogP contribution >= 0.6 is 0 Å². The largest absolute Gasteiger partial charge is 0.481 e. The smallest absolute Gasteiger partial charge is 0.331 e. The predicted octanol–water partition coefficient (Wildman–Crippen LogP) is -0.223. The molecule has 0 aromatic rings. The van der Waals surface area contributed by atoms with Crippen molar-refractivity contribution in [2.24, 2.45) is 0 Å². The molecule has 1 aliphatic rings. The lowest BCUT2D eigenvalue weighted by Crippen LogP contribution is -2.56. The van der Waals surface area contributed by atoms with Gasteiger partial charge in [0.2, 0.25) is 0 Å². The van der Waals surface area contributed by atoms with E-state index in [1.54, 1.807) is 7.05 Å². The second-order valence-electron chi connectivity index (χ2n) is 4.51. The summed E-state index contributed by atoms with van der Waals surface area (Å²) in [6.45, 7) is 1.10. The van der Waals surface area contributed by atoms with Gasteiger partial charge in [0, 0.05) is 26.6 Å². The van der Waals surface area contributed by atoms with Crippen LogP contribution in [0.2, 0.25) is 0 Å². The highest BCUT2D eigenvalue weighted by molar-refractivity contribution is 5.84. The molecule has 1 fully saturated rings. The summed E-state index contributed by atoms with van der Waals surface area (Å²) < 4.78 is 9.84. The standard InChI is InChI=1S/C12H20N2O6/c1-13(5-3-4-10(15)16)12(18)14-6-7-20-8-9(14)11(17)19-2/h9H,3-8H2,1-2H3,(H,15,16).